The van der Waals surface area contributed by atoms with Gasteiger partial charge in [0.15, 0.2) is 0 Å². The summed E-state index contributed by atoms with van der Waals surface area (Å²) in [6, 6.07) is 49.4. The summed E-state index contributed by atoms with van der Waals surface area (Å²) >= 11 is 16.6. The van der Waals surface area contributed by atoms with E-state index in [1.165, 1.54) is 63.8 Å². The smallest absolute Gasteiger partial charge is 0.488 e. The zero-order valence-electron chi connectivity index (χ0n) is 41.9. The van der Waals surface area contributed by atoms with Crippen LogP contribution < -0.4 is 19.7 Å². The van der Waals surface area contributed by atoms with Crippen molar-refractivity contribution in [2.24, 2.45) is 0 Å². The first-order valence-electron chi connectivity index (χ1n) is 25.0. The molecule has 0 aliphatic carbocycles. The number of unbranched alkanes of at least 4 members (excludes halogenated alkanes) is 3. The molecule has 396 valence electrons. The van der Waals surface area contributed by atoms with Crippen LogP contribution in [0.4, 0.5) is 0 Å². The summed E-state index contributed by atoms with van der Waals surface area (Å²) in [7, 11) is -1.40. The molecule has 0 spiro atoms. The Hall–Kier alpha value is -5.12. The highest BCUT2D eigenvalue weighted by atomic mass is 79.9. The Morgan fingerprint density at radius 2 is 0.688 bits per heavy atom. The Balaban J connectivity index is 0.000000180. The van der Waals surface area contributed by atoms with Gasteiger partial charge >= 0.3 is 7.12 Å². The second-order valence-corrected chi connectivity index (χ2v) is 25.5. The lowest BCUT2D eigenvalue weighted by Crippen LogP contribution is -2.29. The number of nitrogens with zero attached hydrogens (tertiary/aromatic N) is 4. The van der Waals surface area contributed by atoms with Gasteiger partial charge in [-0.25, -0.2) is 0 Å². The normalized spacial score (nSPS) is 10.9. The van der Waals surface area contributed by atoms with Gasteiger partial charge in [-0.15, -0.1) is 45.3 Å². The van der Waals surface area contributed by atoms with Crippen LogP contribution >= 0.6 is 101 Å². The summed E-state index contributed by atoms with van der Waals surface area (Å²) in [4.78, 5) is 7.26. The van der Waals surface area contributed by atoms with Gasteiger partial charge in [0.05, 0.1) is 50.8 Å². The van der Waals surface area contributed by atoms with Crippen molar-refractivity contribution in [3.63, 3.8) is 0 Å². The molecule has 0 bridgehead atoms. The maximum Gasteiger partial charge on any atom is 0.488 e. The third kappa shape index (κ3) is 15.0. The number of aromatic nitrogens is 4. The molecule has 9 nitrogen and oxygen atoms in total. The van der Waals surface area contributed by atoms with Crippen LogP contribution in [0.2, 0.25) is 0 Å². The fourth-order valence-electron chi connectivity index (χ4n) is 7.89. The van der Waals surface area contributed by atoms with Crippen LogP contribution in [-0.4, -0.2) is 54.5 Å². The van der Waals surface area contributed by atoms with Gasteiger partial charge in [0.25, 0.3) is 0 Å². The van der Waals surface area contributed by atoms with Gasteiger partial charge in [-0.3, -0.25) is 0 Å². The van der Waals surface area contributed by atoms with Crippen molar-refractivity contribution in [1.82, 2.24) is 17.5 Å². The Morgan fingerprint density at radius 1 is 0.390 bits per heavy atom. The van der Waals surface area contributed by atoms with E-state index in [0.29, 0.717) is 12.1 Å². The third-order valence-corrected chi connectivity index (χ3v) is 18.7. The van der Waals surface area contributed by atoms with E-state index in [1.807, 2.05) is 0 Å². The maximum absolute atomic E-state index is 8.84. The largest absolute Gasteiger partial charge is 0.494 e. The Labute approximate surface area is 492 Å². The SMILES string of the molecule is Brc1ccc(-c2ccc(-c3ccc(Br)s3)c3nsnc23)s1.C.CCCCOc1ccc(-c2ccc(-c3ccc(-c4ccc(-c5ccc(OCCCC)cc5)s4)c4nsnc34)s2)cc1.CCCCOc1ccc(B(O)O)cc1. The quantitative estimate of drug-likeness (QED) is 0.0602. The lowest BCUT2D eigenvalue weighted by Gasteiger charge is -2.06. The number of halogens is 2. The molecule has 6 heterocycles. The zero-order valence-corrected chi connectivity index (χ0v) is 50.0. The van der Waals surface area contributed by atoms with E-state index in [1.54, 1.807) is 69.6 Å². The van der Waals surface area contributed by atoms with E-state index < -0.39 is 7.12 Å². The van der Waals surface area contributed by atoms with Crippen molar-refractivity contribution in [3.8, 4) is 79.9 Å². The Morgan fingerprint density at radius 3 is 0.987 bits per heavy atom. The van der Waals surface area contributed by atoms with Crippen molar-refractivity contribution in [1.29, 1.82) is 0 Å². The van der Waals surface area contributed by atoms with Gasteiger partial charge < -0.3 is 24.3 Å². The molecule has 0 aliphatic heterocycles. The lowest BCUT2D eigenvalue weighted by molar-refractivity contribution is 0.309. The summed E-state index contributed by atoms with van der Waals surface area (Å²) < 4.78 is 37.8. The molecule has 5 aromatic carbocycles. The number of rotatable bonds is 19. The van der Waals surface area contributed by atoms with Crippen molar-refractivity contribution in [3.05, 3.63) is 153 Å². The molecule has 6 aromatic heterocycles. The van der Waals surface area contributed by atoms with E-state index in [4.69, 9.17) is 33.0 Å². The van der Waals surface area contributed by atoms with E-state index in [-0.39, 0.29) is 7.43 Å². The van der Waals surface area contributed by atoms with Gasteiger partial charge in [-0.1, -0.05) is 83.9 Å². The minimum absolute atomic E-state index is 0. The second kappa shape index (κ2) is 28.7. The Kier molecular flexibility index (Phi) is 21.6. The van der Waals surface area contributed by atoms with E-state index in [2.05, 4.69) is 183 Å². The molecule has 0 saturated carbocycles. The lowest BCUT2D eigenvalue weighted by atomic mass is 9.80. The second-order valence-electron chi connectivity index (χ2n) is 17.4. The zero-order chi connectivity index (χ0) is 52.8. The number of hydrogen-bond acceptors (Lipinski definition) is 15. The fraction of sp³-hybridized carbons (Fsp3) is 0.220. The van der Waals surface area contributed by atoms with Gasteiger partial charge in [-0.2, -0.15) is 17.5 Å². The Bertz CT molecular complexity index is 3370. The first-order valence-corrected chi connectivity index (χ1v) is 31.3. The van der Waals surface area contributed by atoms with E-state index in [0.717, 1.165) is 121 Å². The first kappa shape index (κ1) is 58.0. The molecule has 11 aromatic rings. The predicted octanol–water partition coefficient (Wildman–Crippen LogP) is 18.7. The molecule has 0 aliphatic rings. The van der Waals surface area contributed by atoms with Crippen LogP contribution in [0.3, 0.4) is 0 Å². The average molecular weight is 1270 g/mol. The molecule has 0 radical (unpaired) electrons. The highest BCUT2D eigenvalue weighted by Crippen LogP contribution is 2.44. The van der Waals surface area contributed by atoms with Crippen molar-refractivity contribution in [2.75, 3.05) is 19.8 Å². The molecule has 77 heavy (non-hydrogen) atoms. The fourth-order valence-corrected chi connectivity index (χ4v) is 13.9. The third-order valence-electron chi connectivity index (χ3n) is 12.0. The summed E-state index contributed by atoms with van der Waals surface area (Å²) in [5, 5.41) is 17.7. The van der Waals surface area contributed by atoms with Crippen molar-refractivity contribution < 1.29 is 24.3 Å². The maximum atomic E-state index is 8.84. The van der Waals surface area contributed by atoms with Gasteiger partial charge in [0.2, 0.25) is 0 Å². The van der Waals surface area contributed by atoms with Gasteiger partial charge in [0.1, 0.15) is 39.3 Å². The minimum atomic E-state index is -1.40. The monoisotopic (exact) mass is 1260 g/mol. The van der Waals surface area contributed by atoms with Crippen LogP contribution in [0, 0.1) is 0 Å². The molecule has 0 atom stereocenters. The molecular formula is C59H57BBr2N4O5S6. The van der Waals surface area contributed by atoms with Crippen molar-refractivity contribution >= 4 is 135 Å². The van der Waals surface area contributed by atoms with Gasteiger partial charge in [-0.05, 0) is 177 Å². The molecule has 11 rings (SSSR count). The summed E-state index contributed by atoms with van der Waals surface area (Å²) in [5.41, 5.74) is 11.3. The number of fused-ring (bicyclic) bond motifs is 2. The van der Waals surface area contributed by atoms with Crippen LogP contribution in [0.1, 0.15) is 66.7 Å². The van der Waals surface area contributed by atoms with Gasteiger partial charge in [0, 0.05) is 51.5 Å². The van der Waals surface area contributed by atoms with E-state index in [9.17, 15) is 0 Å². The molecule has 0 unspecified atom stereocenters. The highest BCUT2D eigenvalue weighted by molar-refractivity contribution is 9.11. The minimum Gasteiger partial charge on any atom is -0.494 e. The number of thiophene rings is 4. The number of benzene rings is 5. The molecule has 0 fully saturated rings. The van der Waals surface area contributed by atoms with Crippen molar-refractivity contribution in [2.45, 2.75) is 66.7 Å². The topological polar surface area (TPSA) is 120 Å². The number of ether oxygens (including phenoxy) is 3. The molecule has 0 amide bonds. The average Bonchev–Trinajstić information content (AvgIpc) is 4.34. The molecular weight excluding hydrogens is 1210 g/mol. The standard InChI is InChI=1S/C34H32N2O2S3.C14H6Br2N2S3.C10H15BO3.CH4/c1-3-5-21-37-25-11-7-23(8-12-25)29-17-19-31(39-29)27-15-16-28(34-33(27)35-41-36-34)32-20-18-30(40-32)24-9-13-26(14-10-24)38-22-6-4-2;15-11-5-3-9(19-11)7-1-2-8(10-4-6-12(16)20-10)14-13(7)17-21-18-14;1-2-3-8-14-10-6-4-9(5-7-10)11(12)13;/h7-20H,3-6,21-22H2,1-2H3;1-6H;4-7,12-13H,2-3,8H2,1H3;1H4. The van der Waals surface area contributed by atoms with Crippen LogP contribution in [0.5, 0.6) is 17.2 Å². The molecule has 0 saturated heterocycles. The summed E-state index contributed by atoms with van der Waals surface area (Å²) in [5.74, 6) is 2.62. The predicted molar refractivity (Wildman–Crippen MR) is 339 cm³/mol. The summed E-state index contributed by atoms with van der Waals surface area (Å²) in [6.45, 7) is 8.69. The molecule has 2 N–H and O–H groups in total. The van der Waals surface area contributed by atoms with Crippen LogP contribution in [0.25, 0.3) is 84.7 Å². The van der Waals surface area contributed by atoms with Crippen LogP contribution in [0.15, 0.2) is 153 Å². The van der Waals surface area contributed by atoms with Crippen LogP contribution in [-0.2, 0) is 0 Å². The van der Waals surface area contributed by atoms with E-state index >= 15 is 0 Å². The summed E-state index contributed by atoms with van der Waals surface area (Å²) in [6.07, 6.45) is 6.56. The number of hydrogen-bond donors (Lipinski definition) is 2. The highest BCUT2D eigenvalue weighted by Gasteiger charge is 2.18. The molecule has 18 heteroatoms. The first-order chi connectivity index (χ1) is 37.2.